The van der Waals surface area contributed by atoms with E-state index in [1.807, 2.05) is 13.8 Å². The highest BCUT2D eigenvalue weighted by Gasteiger charge is 2.07. The summed E-state index contributed by atoms with van der Waals surface area (Å²) in [6.45, 7) is 6.07. The van der Waals surface area contributed by atoms with Crippen molar-refractivity contribution in [3.63, 3.8) is 0 Å². The van der Waals surface area contributed by atoms with Gasteiger partial charge in [-0.1, -0.05) is 13.8 Å². The van der Waals surface area contributed by atoms with Crippen molar-refractivity contribution in [1.29, 1.82) is 0 Å². The van der Waals surface area contributed by atoms with E-state index in [9.17, 15) is 9.59 Å². The summed E-state index contributed by atoms with van der Waals surface area (Å²) in [4.78, 5) is 24.3. The Morgan fingerprint density at radius 1 is 0.679 bits per heavy atom. The van der Waals surface area contributed by atoms with Crippen LogP contribution in [-0.2, 0) is 0 Å². The van der Waals surface area contributed by atoms with Gasteiger partial charge in [0, 0.05) is 24.2 Å². The van der Waals surface area contributed by atoms with E-state index in [1.165, 1.54) is 0 Å². The maximum absolute atomic E-state index is 12.1. The van der Waals surface area contributed by atoms with E-state index in [2.05, 4.69) is 10.6 Å². The lowest BCUT2D eigenvalue weighted by Crippen LogP contribution is -2.34. The van der Waals surface area contributed by atoms with E-state index in [0.29, 0.717) is 37.4 Å². The van der Waals surface area contributed by atoms with Crippen LogP contribution in [-0.4, -0.2) is 38.1 Å². The van der Waals surface area contributed by atoms with Crippen molar-refractivity contribution < 1.29 is 19.1 Å². The van der Waals surface area contributed by atoms with Gasteiger partial charge < -0.3 is 20.1 Å². The highest BCUT2D eigenvalue weighted by Crippen LogP contribution is 2.13. The first kappa shape index (κ1) is 21.3. The number of hydrogen-bond acceptors (Lipinski definition) is 4. The summed E-state index contributed by atoms with van der Waals surface area (Å²) in [6, 6.07) is 14.0. The smallest absolute Gasteiger partial charge is 0.251 e. The first-order valence-corrected chi connectivity index (χ1v) is 9.66. The number of amides is 2. The zero-order valence-corrected chi connectivity index (χ0v) is 16.5. The van der Waals surface area contributed by atoms with Crippen LogP contribution in [0.1, 0.15) is 47.4 Å². The van der Waals surface area contributed by atoms with Gasteiger partial charge in [0.25, 0.3) is 11.8 Å². The molecule has 0 bridgehead atoms. The molecule has 0 spiro atoms. The molecule has 0 saturated heterocycles. The maximum Gasteiger partial charge on any atom is 0.251 e. The monoisotopic (exact) mass is 384 g/mol. The Balaban J connectivity index is 1.71. The zero-order chi connectivity index (χ0) is 20.2. The molecular weight excluding hydrogens is 356 g/mol. The SMILES string of the molecule is CCCOc1ccc(C(=O)NCCNC(=O)c2ccc(OCCC)cc2)cc1. The molecule has 0 atom stereocenters. The predicted octanol–water partition coefficient (Wildman–Crippen LogP) is 3.42. The second-order valence-corrected chi connectivity index (χ2v) is 6.26. The fraction of sp³-hybridized carbons (Fsp3) is 0.364. The van der Waals surface area contributed by atoms with E-state index in [4.69, 9.17) is 9.47 Å². The number of carbonyl (C=O) groups is 2. The molecular formula is C22H28N2O4. The van der Waals surface area contributed by atoms with Gasteiger partial charge in [-0.25, -0.2) is 0 Å². The van der Waals surface area contributed by atoms with Crippen LogP contribution < -0.4 is 20.1 Å². The second kappa shape index (κ2) is 11.6. The Hall–Kier alpha value is -3.02. The molecule has 28 heavy (non-hydrogen) atoms. The topological polar surface area (TPSA) is 76.7 Å². The van der Waals surface area contributed by atoms with Gasteiger partial charge in [-0.3, -0.25) is 9.59 Å². The van der Waals surface area contributed by atoms with Crippen molar-refractivity contribution in [1.82, 2.24) is 10.6 Å². The maximum atomic E-state index is 12.1. The molecule has 2 aromatic carbocycles. The number of hydrogen-bond donors (Lipinski definition) is 2. The Kier molecular flexibility index (Phi) is 8.85. The van der Waals surface area contributed by atoms with Crippen molar-refractivity contribution in [2.75, 3.05) is 26.3 Å². The Labute approximate surface area is 166 Å². The Bertz CT molecular complexity index is 677. The van der Waals surface area contributed by atoms with Crippen LogP contribution in [0.15, 0.2) is 48.5 Å². The van der Waals surface area contributed by atoms with Crippen LogP contribution in [0.2, 0.25) is 0 Å². The van der Waals surface area contributed by atoms with E-state index in [0.717, 1.165) is 24.3 Å². The highest BCUT2D eigenvalue weighted by molar-refractivity contribution is 5.95. The molecule has 6 nitrogen and oxygen atoms in total. The molecule has 0 heterocycles. The Morgan fingerprint density at radius 3 is 1.36 bits per heavy atom. The van der Waals surface area contributed by atoms with Crippen LogP contribution in [0.5, 0.6) is 11.5 Å². The van der Waals surface area contributed by atoms with Gasteiger partial charge in [0.05, 0.1) is 13.2 Å². The fourth-order valence-corrected chi connectivity index (χ4v) is 2.40. The number of benzene rings is 2. The van der Waals surface area contributed by atoms with E-state index < -0.39 is 0 Å². The summed E-state index contributed by atoms with van der Waals surface area (Å²) < 4.78 is 11.0. The van der Waals surface area contributed by atoms with Crippen LogP contribution in [0, 0.1) is 0 Å². The van der Waals surface area contributed by atoms with Crippen molar-refractivity contribution in [2.24, 2.45) is 0 Å². The van der Waals surface area contributed by atoms with Gasteiger partial charge in [-0.15, -0.1) is 0 Å². The molecule has 2 amide bonds. The van der Waals surface area contributed by atoms with Gasteiger partial charge >= 0.3 is 0 Å². The van der Waals surface area contributed by atoms with Gasteiger partial charge in [0.2, 0.25) is 0 Å². The first-order chi connectivity index (χ1) is 13.6. The van der Waals surface area contributed by atoms with Gasteiger partial charge in [0.15, 0.2) is 0 Å². The predicted molar refractivity (Wildman–Crippen MR) is 109 cm³/mol. The molecule has 0 aliphatic carbocycles. The summed E-state index contributed by atoms with van der Waals surface area (Å²) in [7, 11) is 0. The summed E-state index contributed by atoms with van der Waals surface area (Å²) in [5.74, 6) is 1.12. The molecule has 0 fully saturated rings. The van der Waals surface area contributed by atoms with Crippen LogP contribution in [0.25, 0.3) is 0 Å². The lowest BCUT2D eigenvalue weighted by atomic mass is 10.2. The molecule has 2 aromatic rings. The average Bonchev–Trinajstić information content (AvgIpc) is 2.74. The molecule has 2 rings (SSSR count). The third-order valence-corrected chi connectivity index (χ3v) is 3.87. The standard InChI is InChI=1S/C22H28N2O4/c1-3-15-27-19-9-5-17(6-10-19)21(25)23-13-14-24-22(26)18-7-11-20(12-8-18)28-16-4-2/h5-12H,3-4,13-16H2,1-2H3,(H,23,25)(H,24,26). The van der Waals surface area contributed by atoms with Gasteiger partial charge in [-0.2, -0.15) is 0 Å². The molecule has 0 aliphatic heterocycles. The summed E-state index contributed by atoms with van der Waals surface area (Å²) in [5.41, 5.74) is 1.11. The van der Waals surface area contributed by atoms with Crippen molar-refractivity contribution in [3.05, 3.63) is 59.7 Å². The quantitative estimate of drug-likeness (QED) is 0.582. The van der Waals surface area contributed by atoms with Crippen molar-refractivity contribution in [3.8, 4) is 11.5 Å². The minimum absolute atomic E-state index is 0.186. The zero-order valence-electron chi connectivity index (χ0n) is 16.5. The average molecular weight is 384 g/mol. The summed E-state index contributed by atoms with van der Waals surface area (Å²) >= 11 is 0. The largest absolute Gasteiger partial charge is 0.494 e. The van der Waals surface area contributed by atoms with Crippen LogP contribution >= 0.6 is 0 Å². The highest BCUT2D eigenvalue weighted by atomic mass is 16.5. The second-order valence-electron chi connectivity index (χ2n) is 6.26. The molecule has 0 aliphatic rings. The van der Waals surface area contributed by atoms with Crippen molar-refractivity contribution >= 4 is 11.8 Å². The lowest BCUT2D eigenvalue weighted by molar-refractivity contribution is 0.0927. The van der Waals surface area contributed by atoms with E-state index in [1.54, 1.807) is 48.5 Å². The van der Waals surface area contributed by atoms with Gasteiger partial charge in [-0.05, 0) is 61.4 Å². The minimum Gasteiger partial charge on any atom is -0.494 e. The molecule has 6 heteroatoms. The summed E-state index contributed by atoms with van der Waals surface area (Å²) in [5, 5.41) is 5.57. The number of nitrogens with one attached hydrogen (secondary N) is 2. The number of ether oxygens (including phenoxy) is 2. The normalized spacial score (nSPS) is 10.2. The number of carbonyl (C=O) groups excluding carboxylic acids is 2. The molecule has 0 aromatic heterocycles. The van der Waals surface area contributed by atoms with Crippen LogP contribution in [0.3, 0.4) is 0 Å². The van der Waals surface area contributed by atoms with E-state index >= 15 is 0 Å². The third kappa shape index (κ3) is 6.95. The third-order valence-electron chi connectivity index (χ3n) is 3.87. The summed E-state index contributed by atoms with van der Waals surface area (Å²) in [6.07, 6.45) is 1.87. The fourth-order valence-electron chi connectivity index (χ4n) is 2.40. The first-order valence-electron chi connectivity index (χ1n) is 9.66. The van der Waals surface area contributed by atoms with Gasteiger partial charge in [0.1, 0.15) is 11.5 Å². The minimum atomic E-state index is -0.186. The molecule has 2 N–H and O–H groups in total. The van der Waals surface area contributed by atoms with Crippen molar-refractivity contribution in [2.45, 2.75) is 26.7 Å². The molecule has 0 unspecified atom stereocenters. The van der Waals surface area contributed by atoms with Crippen LogP contribution in [0.4, 0.5) is 0 Å². The molecule has 0 saturated carbocycles. The molecule has 150 valence electrons. The van der Waals surface area contributed by atoms with E-state index in [-0.39, 0.29) is 11.8 Å². The Morgan fingerprint density at radius 2 is 1.04 bits per heavy atom. The molecule has 0 radical (unpaired) electrons. The number of rotatable bonds is 11. The lowest BCUT2D eigenvalue weighted by Gasteiger charge is -2.09.